The standard InChI is InChI=1S/C41H44N4O10S/c1-18-10-22-11-24-25(14-42)45-26-15-52-40(48)41(23-13-28(50-6)27(49-5)12-21(23)8-9-43-41)16-56-39(33(45)32(44(24)4)29(22)34(47)35(18)51-7)31-30(26)38-37(53-17-54-38)19(2)36(31)55-20(3)46/h10,12-13,24-26,32-33,39,43,47H,8-9,11,15-17H2,1-7H3/t24-,25-,26+,32-,33?,39+,41+/m0/s1. The van der Waals surface area contributed by atoms with E-state index in [2.05, 4.69) is 27.3 Å². The maximum absolute atomic E-state index is 14.9. The third-order valence-electron chi connectivity index (χ3n) is 12.6. The SMILES string of the molecule is COc1cc2c(cc1OC)[C@@]1(CS[C@@H]3c4c(OC(C)=O)c(C)c5c(c4[C@@H](COC1=O)N1C3[C@@H]3c4c(cc(C)c(OC)c4O)C[C@@H]([C@@H]1C#N)N3C)OCO5)NCC2. The smallest absolute Gasteiger partial charge is 0.331 e. The normalized spacial score (nSPS) is 28.6. The average Bonchev–Trinajstić information content (AvgIpc) is 3.68. The van der Waals surface area contributed by atoms with Crippen LogP contribution in [0.15, 0.2) is 18.2 Å². The van der Waals surface area contributed by atoms with Gasteiger partial charge in [0.05, 0.1) is 44.7 Å². The molecule has 7 aliphatic rings. The molecule has 10 rings (SSSR count). The molecule has 14 nitrogen and oxygen atoms in total. The number of likely N-dealkylation sites (N-methyl/N-ethyl adjacent to an activating group) is 1. The first-order valence-electron chi connectivity index (χ1n) is 18.7. The Kier molecular flexibility index (Phi) is 8.77. The van der Waals surface area contributed by atoms with Crippen molar-refractivity contribution in [1.82, 2.24) is 15.1 Å². The number of esters is 2. The number of piperazine rings is 1. The van der Waals surface area contributed by atoms with Crippen LogP contribution in [0.25, 0.3) is 0 Å². The van der Waals surface area contributed by atoms with Gasteiger partial charge in [0.25, 0.3) is 0 Å². The number of carbonyl (C=O) groups is 2. The summed E-state index contributed by atoms with van der Waals surface area (Å²) in [7, 11) is 6.70. The van der Waals surface area contributed by atoms with Crippen LogP contribution in [0.3, 0.4) is 0 Å². The number of nitrogens with one attached hydrogen (secondary N) is 1. The molecule has 0 radical (unpaired) electrons. The maximum Gasteiger partial charge on any atom is 0.331 e. The summed E-state index contributed by atoms with van der Waals surface area (Å²) in [6.07, 6.45) is 1.15. The zero-order chi connectivity index (χ0) is 39.4. The lowest BCUT2D eigenvalue weighted by Crippen LogP contribution is -2.69. The summed E-state index contributed by atoms with van der Waals surface area (Å²) in [5.41, 5.74) is 4.80. The van der Waals surface area contributed by atoms with Crippen LogP contribution in [-0.2, 0) is 32.7 Å². The molecule has 3 aromatic carbocycles. The van der Waals surface area contributed by atoms with Crippen molar-refractivity contribution in [2.24, 2.45) is 0 Å². The highest BCUT2D eigenvalue weighted by Crippen LogP contribution is 2.64. The molecular formula is C41H44N4O10S. The van der Waals surface area contributed by atoms with Gasteiger partial charge in [0, 0.05) is 53.6 Å². The van der Waals surface area contributed by atoms with E-state index in [4.69, 9.17) is 33.2 Å². The molecule has 4 bridgehead atoms. The molecule has 3 aromatic rings. The molecule has 7 aliphatic heterocycles. The lowest BCUT2D eigenvalue weighted by atomic mass is 9.71. The lowest BCUT2D eigenvalue weighted by Gasteiger charge is -2.62. The number of fused-ring (bicyclic) bond motifs is 9. The third-order valence-corrected chi connectivity index (χ3v) is 14.1. The zero-order valence-corrected chi connectivity index (χ0v) is 33.1. The van der Waals surface area contributed by atoms with Gasteiger partial charge in [0.1, 0.15) is 18.4 Å². The van der Waals surface area contributed by atoms with E-state index in [0.717, 1.165) is 27.8 Å². The predicted molar refractivity (Wildman–Crippen MR) is 203 cm³/mol. The van der Waals surface area contributed by atoms with Crippen LogP contribution >= 0.6 is 11.8 Å². The second-order valence-electron chi connectivity index (χ2n) is 15.3. The fraction of sp³-hybridized carbons (Fsp3) is 0.488. The van der Waals surface area contributed by atoms with Crippen LogP contribution in [0, 0.1) is 25.2 Å². The molecule has 7 atom stereocenters. The number of rotatable bonds is 4. The predicted octanol–water partition coefficient (Wildman–Crippen LogP) is 4.29. The molecule has 2 fully saturated rings. The van der Waals surface area contributed by atoms with Gasteiger partial charge < -0.3 is 38.3 Å². The fourth-order valence-corrected chi connectivity index (χ4v) is 12.0. The Labute approximate surface area is 328 Å². The number of phenols is 1. The summed E-state index contributed by atoms with van der Waals surface area (Å²) in [5.74, 6) is 1.99. The number of ether oxygens (including phenoxy) is 7. The lowest BCUT2D eigenvalue weighted by molar-refractivity contribution is -0.157. The molecule has 0 aliphatic carbocycles. The number of aryl methyl sites for hydroxylation is 1. The van der Waals surface area contributed by atoms with Crippen LogP contribution in [-0.4, -0.2) is 99.0 Å². The summed E-state index contributed by atoms with van der Waals surface area (Å²) >= 11 is 1.52. The number of phenolic OH excluding ortho intramolecular Hbond substituents is 1. The van der Waals surface area contributed by atoms with E-state index in [1.54, 1.807) is 21.3 Å². The molecule has 2 N–H and O–H groups in total. The Bertz CT molecular complexity index is 2240. The molecule has 0 amide bonds. The number of benzene rings is 3. The minimum atomic E-state index is -1.31. The van der Waals surface area contributed by atoms with Crippen molar-refractivity contribution in [2.75, 3.05) is 54.1 Å². The number of nitriles is 1. The van der Waals surface area contributed by atoms with E-state index in [1.807, 2.05) is 33.0 Å². The number of hydrogen-bond acceptors (Lipinski definition) is 15. The van der Waals surface area contributed by atoms with Gasteiger partial charge in [0.2, 0.25) is 6.79 Å². The summed E-state index contributed by atoms with van der Waals surface area (Å²) in [5, 5.41) is 26.3. The van der Waals surface area contributed by atoms with E-state index in [9.17, 15) is 20.0 Å². The van der Waals surface area contributed by atoms with Gasteiger partial charge in [-0.3, -0.25) is 19.9 Å². The van der Waals surface area contributed by atoms with Crippen LogP contribution in [0.1, 0.15) is 68.8 Å². The largest absolute Gasteiger partial charge is 0.504 e. The quantitative estimate of drug-likeness (QED) is 0.285. The van der Waals surface area contributed by atoms with Gasteiger partial charge >= 0.3 is 11.9 Å². The minimum Gasteiger partial charge on any atom is -0.504 e. The van der Waals surface area contributed by atoms with Crippen molar-refractivity contribution in [1.29, 1.82) is 5.26 Å². The number of aromatic hydroxyl groups is 1. The van der Waals surface area contributed by atoms with E-state index >= 15 is 0 Å². The van der Waals surface area contributed by atoms with E-state index in [0.29, 0.717) is 70.6 Å². The Morgan fingerprint density at radius 2 is 1.77 bits per heavy atom. The number of nitrogens with zero attached hydrogens (tertiary/aromatic N) is 3. The molecule has 2 saturated heterocycles. The molecule has 56 heavy (non-hydrogen) atoms. The van der Waals surface area contributed by atoms with E-state index in [1.165, 1.54) is 18.7 Å². The second kappa shape index (κ2) is 13.4. The average molecular weight is 785 g/mol. The van der Waals surface area contributed by atoms with Crippen LogP contribution in [0.2, 0.25) is 0 Å². The van der Waals surface area contributed by atoms with Crippen molar-refractivity contribution in [2.45, 2.75) is 74.6 Å². The highest BCUT2D eigenvalue weighted by Gasteiger charge is 2.62. The van der Waals surface area contributed by atoms with Gasteiger partial charge in [-0.2, -0.15) is 5.26 Å². The van der Waals surface area contributed by atoms with Gasteiger partial charge in [-0.1, -0.05) is 6.07 Å². The molecule has 294 valence electrons. The molecule has 1 unspecified atom stereocenters. The number of methoxy groups -OCH3 is 3. The molecule has 15 heteroatoms. The first-order valence-corrected chi connectivity index (χ1v) is 19.8. The van der Waals surface area contributed by atoms with Crippen molar-refractivity contribution in [3.8, 4) is 46.3 Å². The Morgan fingerprint density at radius 1 is 1.02 bits per heavy atom. The van der Waals surface area contributed by atoms with Crippen molar-refractivity contribution in [3.63, 3.8) is 0 Å². The highest BCUT2D eigenvalue weighted by molar-refractivity contribution is 7.99. The maximum atomic E-state index is 14.9. The molecule has 7 heterocycles. The Morgan fingerprint density at radius 3 is 2.48 bits per heavy atom. The zero-order valence-electron chi connectivity index (χ0n) is 32.3. The number of hydrogen-bond donors (Lipinski definition) is 2. The van der Waals surface area contributed by atoms with Crippen molar-refractivity contribution < 1.29 is 47.9 Å². The summed E-state index contributed by atoms with van der Waals surface area (Å²) in [6, 6.07) is 5.82. The Balaban J connectivity index is 1.33. The first-order chi connectivity index (χ1) is 27.0. The van der Waals surface area contributed by atoms with Gasteiger partial charge in [-0.25, -0.2) is 4.79 Å². The number of thioether (sulfide) groups is 1. The van der Waals surface area contributed by atoms with Gasteiger partial charge in [0.15, 0.2) is 40.0 Å². The van der Waals surface area contributed by atoms with Crippen molar-refractivity contribution >= 4 is 23.7 Å². The highest BCUT2D eigenvalue weighted by atomic mass is 32.2. The van der Waals surface area contributed by atoms with Gasteiger partial charge in [-0.05, 0) is 68.1 Å². The van der Waals surface area contributed by atoms with Gasteiger partial charge in [-0.15, -0.1) is 11.8 Å². The molecule has 0 aromatic heterocycles. The van der Waals surface area contributed by atoms with Crippen LogP contribution in [0.4, 0.5) is 0 Å². The fourth-order valence-electron chi connectivity index (χ4n) is 10.3. The molecule has 1 spiro atoms. The summed E-state index contributed by atoms with van der Waals surface area (Å²) in [4.78, 5) is 32.2. The van der Waals surface area contributed by atoms with Crippen molar-refractivity contribution in [3.05, 3.63) is 62.7 Å². The summed E-state index contributed by atoms with van der Waals surface area (Å²) in [6.45, 7) is 5.41. The van der Waals surface area contributed by atoms with E-state index in [-0.39, 0.29) is 30.9 Å². The summed E-state index contributed by atoms with van der Waals surface area (Å²) < 4.78 is 42.1. The first kappa shape index (κ1) is 36.7. The minimum absolute atomic E-state index is 0.0505. The monoisotopic (exact) mass is 784 g/mol. The topological polar surface area (TPSA) is 161 Å². The third kappa shape index (κ3) is 4.98. The molecular weight excluding hydrogens is 741 g/mol. The number of carbonyl (C=O) groups excluding carboxylic acids is 2. The second-order valence-corrected chi connectivity index (χ2v) is 16.4. The molecule has 0 saturated carbocycles. The van der Waals surface area contributed by atoms with Crippen LogP contribution in [0.5, 0.6) is 40.2 Å². The van der Waals surface area contributed by atoms with Crippen LogP contribution < -0.4 is 33.7 Å². The Hall–Kier alpha value is -4.88. The van der Waals surface area contributed by atoms with E-state index < -0.39 is 46.9 Å².